The zero-order valence-electron chi connectivity index (χ0n) is 11.4. The lowest BCUT2D eigenvalue weighted by Gasteiger charge is -2.20. The van der Waals surface area contributed by atoms with Crippen molar-refractivity contribution in [2.24, 2.45) is 0 Å². The normalized spacial score (nSPS) is 12.7. The summed E-state index contributed by atoms with van der Waals surface area (Å²) in [4.78, 5) is 2.19. The Labute approximate surface area is 108 Å². The van der Waals surface area contributed by atoms with Crippen LogP contribution in [-0.4, -0.2) is 29.2 Å². The van der Waals surface area contributed by atoms with Crippen molar-refractivity contribution in [2.75, 3.05) is 14.1 Å². The number of hydrogen-bond donors (Lipinski definition) is 0. The predicted octanol–water partition coefficient (Wildman–Crippen LogP) is 3.07. The molecule has 0 bridgehead atoms. The molecule has 1 aromatic carbocycles. The molecule has 0 saturated carbocycles. The quantitative estimate of drug-likeness (QED) is 0.827. The predicted molar refractivity (Wildman–Crippen MR) is 74.3 cm³/mol. The Morgan fingerprint density at radius 3 is 2.44 bits per heavy atom. The van der Waals surface area contributed by atoms with Gasteiger partial charge in [-0.25, -0.2) is 0 Å². The van der Waals surface area contributed by atoms with Crippen molar-refractivity contribution in [3.63, 3.8) is 0 Å². The molecule has 0 N–H and O–H groups in total. The molecular formula is C15H19N3. The molecule has 0 unspecified atom stereocenters. The van der Waals surface area contributed by atoms with Gasteiger partial charge in [0, 0.05) is 11.6 Å². The van der Waals surface area contributed by atoms with Gasteiger partial charge in [-0.1, -0.05) is 18.2 Å². The van der Waals surface area contributed by atoms with Crippen LogP contribution in [0.1, 0.15) is 24.2 Å². The second-order valence-electron chi connectivity index (χ2n) is 4.83. The van der Waals surface area contributed by atoms with E-state index in [1.807, 2.05) is 19.1 Å². The third-order valence-electron chi connectivity index (χ3n) is 3.24. The lowest BCUT2D eigenvalue weighted by molar-refractivity contribution is 0.321. The molecular weight excluding hydrogens is 222 g/mol. The summed E-state index contributed by atoms with van der Waals surface area (Å²) in [5, 5.41) is 8.33. The Morgan fingerprint density at radius 1 is 1.06 bits per heavy atom. The average Bonchev–Trinajstić information content (AvgIpc) is 2.38. The number of aromatic nitrogens is 2. The van der Waals surface area contributed by atoms with Gasteiger partial charge in [-0.15, -0.1) is 0 Å². The minimum absolute atomic E-state index is 0.392. The molecule has 2 rings (SSSR count). The second kappa shape index (κ2) is 5.27. The van der Waals surface area contributed by atoms with Crippen LogP contribution in [0.4, 0.5) is 0 Å². The van der Waals surface area contributed by atoms with Crippen LogP contribution in [0.2, 0.25) is 0 Å². The maximum atomic E-state index is 4.23. The highest BCUT2D eigenvalue weighted by molar-refractivity contribution is 5.59. The molecule has 0 spiro atoms. The summed E-state index contributed by atoms with van der Waals surface area (Å²) >= 11 is 0. The van der Waals surface area contributed by atoms with Gasteiger partial charge in [0.15, 0.2) is 0 Å². The van der Waals surface area contributed by atoms with Gasteiger partial charge >= 0.3 is 0 Å². The maximum absolute atomic E-state index is 4.23. The van der Waals surface area contributed by atoms with Gasteiger partial charge in [0.2, 0.25) is 0 Å². The van der Waals surface area contributed by atoms with Gasteiger partial charge in [0.05, 0.1) is 11.4 Å². The summed E-state index contributed by atoms with van der Waals surface area (Å²) < 4.78 is 0. The van der Waals surface area contributed by atoms with E-state index >= 15 is 0 Å². The highest BCUT2D eigenvalue weighted by Crippen LogP contribution is 2.23. The van der Waals surface area contributed by atoms with E-state index in [1.54, 1.807) is 0 Å². The van der Waals surface area contributed by atoms with E-state index in [1.165, 1.54) is 5.56 Å². The fraction of sp³-hybridized carbons (Fsp3) is 0.333. The van der Waals surface area contributed by atoms with Gasteiger partial charge in [-0.3, -0.25) is 0 Å². The topological polar surface area (TPSA) is 29.0 Å². The highest BCUT2D eigenvalue weighted by atomic mass is 15.1. The van der Waals surface area contributed by atoms with Crippen molar-refractivity contribution in [3.05, 3.63) is 47.7 Å². The molecule has 0 radical (unpaired) electrons. The molecule has 18 heavy (non-hydrogen) atoms. The van der Waals surface area contributed by atoms with Crippen LogP contribution < -0.4 is 0 Å². The minimum atomic E-state index is 0.392. The van der Waals surface area contributed by atoms with Crippen LogP contribution in [0.3, 0.4) is 0 Å². The molecule has 3 heteroatoms. The van der Waals surface area contributed by atoms with Gasteiger partial charge in [-0.2, -0.15) is 10.2 Å². The van der Waals surface area contributed by atoms with Crippen molar-refractivity contribution in [2.45, 2.75) is 19.9 Å². The van der Waals surface area contributed by atoms with Crippen LogP contribution in [0.15, 0.2) is 36.4 Å². The first-order chi connectivity index (χ1) is 8.58. The smallest absolute Gasteiger partial charge is 0.0929 e. The Bertz CT molecular complexity index is 518. The lowest BCUT2D eigenvalue weighted by Crippen LogP contribution is -2.16. The summed E-state index contributed by atoms with van der Waals surface area (Å²) in [6.07, 6.45) is 0. The minimum Gasteiger partial charge on any atom is -0.303 e. The second-order valence-corrected chi connectivity index (χ2v) is 4.83. The molecule has 0 aliphatic heterocycles. The van der Waals surface area contributed by atoms with E-state index in [9.17, 15) is 0 Å². The first kappa shape index (κ1) is 12.7. The van der Waals surface area contributed by atoms with E-state index in [-0.39, 0.29) is 0 Å². The highest BCUT2D eigenvalue weighted by Gasteiger charge is 2.09. The van der Waals surface area contributed by atoms with E-state index in [4.69, 9.17) is 0 Å². The van der Waals surface area contributed by atoms with Crippen molar-refractivity contribution >= 4 is 0 Å². The van der Waals surface area contributed by atoms with Crippen molar-refractivity contribution < 1.29 is 0 Å². The summed E-state index contributed by atoms with van der Waals surface area (Å²) in [6.45, 7) is 4.14. The van der Waals surface area contributed by atoms with Crippen LogP contribution in [0.25, 0.3) is 11.3 Å². The van der Waals surface area contributed by atoms with Crippen molar-refractivity contribution in [1.29, 1.82) is 0 Å². The first-order valence-electron chi connectivity index (χ1n) is 6.15. The molecule has 1 atom stereocenters. The van der Waals surface area contributed by atoms with E-state index in [2.05, 4.69) is 60.4 Å². The molecule has 2 aromatic rings. The van der Waals surface area contributed by atoms with E-state index in [0.717, 1.165) is 17.0 Å². The van der Waals surface area contributed by atoms with E-state index < -0.39 is 0 Å². The third kappa shape index (κ3) is 2.74. The van der Waals surface area contributed by atoms with E-state index in [0.29, 0.717) is 6.04 Å². The fourth-order valence-corrected chi connectivity index (χ4v) is 1.81. The zero-order valence-corrected chi connectivity index (χ0v) is 11.4. The Morgan fingerprint density at radius 2 is 1.83 bits per heavy atom. The summed E-state index contributed by atoms with van der Waals surface area (Å²) in [6, 6.07) is 12.9. The van der Waals surface area contributed by atoms with Crippen molar-refractivity contribution in [3.8, 4) is 11.3 Å². The summed E-state index contributed by atoms with van der Waals surface area (Å²) in [5.41, 5.74) is 4.28. The number of hydrogen-bond acceptors (Lipinski definition) is 3. The molecule has 0 aliphatic rings. The Kier molecular flexibility index (Phi) is 3.72. The van der Waals surface area contributed by atoms with Gasteiger partial charge in [-0.05, 0) is 51.7 Å². The molecule has 0 fully saturated rings. The first-order valence-corrected chi connectivity index (χ1v) is 6.15. The zero-order chi connectivity index (χ0) is 13.1. The standard InChI is InChI=1S/C15H19N3/c1-11-8-9-15(17-16-11)14-7-5-6-13(10-14)12(2)18(3)4/h5-10,12H,1-4H3/t12-/m0/s1. The Hall–Kier alpha value is -1.74. The maximum Gasteiger partial charge on any atom is 0.0929 e. The van der Waals surface area contributed by atoms with Gasteiger partial charge in [0.25, 0.3) is 0 Å². The number of benzene rings is 1. The molecule has 3 nitrogen and oxygen atoms in total. The van der Waals surface area contributed by atoms with Crippen LogP contribution >= 0.6 is 0 Å². The Balaban J connectivity index is 2.35. The summed E-state index contributed by atoms with van der Waals surface area (Å²) in [5.74, 6) is 0. The molecule has 1 aromatic heterocycles. The molecule has 0 aliphatic carbocycles. The molecule has 0 amide bonds. The monoisotopic (exact) mass is 241 g/mol. The van der Waals surface area contributed by atoms with Gasteiger partial charge < -0.3 is 4.90 Å². The third-order valence-corrected chi connectivity index (χ3v) is 3.24. The lowest BCUT2D eigenvalue weighted by atomic mass is 10.0. The number of rotatable bonds is 3. The van der Waals surface area contributed by atoms with Crippen molar-refractivity contribution in [1.82, 2.24) is 15.1 Å². The van der Waals surface area contributed by atoms with Crippen LogP contribution in [0, 0.1) is 6.92 Å². The number of aryl methyl sites for hydroxylation is 1. The summed E-state index contributed by atoms with van der Waals surface area (Å²) in [7, 11) is 4.17. The molecule has 1 heterocycles. The largest absolute Gasteiger partial charge is 0.303 e. The average molecular weight is 241 g/mol. The van der Waals surface area contributed by atoms with Crippen LogP contribution in [-0.2, 0) is 0 Å². The fourth-order valence-electron chi connectivity index (χ4n) is 1.81. The van der Waals surface area contributed by atoms with Gasteiger partial charge in [0.1, 0.15) is 0 Å². The SMILES string of the molecule is Cc1ccc(-c2cccc([C@H](C)N(C)C)c2)nn1. The molecule has 0 saturated heterocycles. The van der Waals surface area contributed by atoms with Crippen LogP contribution in [0.5, 0.6) is 0 Å². The molecule has 94 valence electrons. The number of nitrogens with zero attached hydrogens (tertiary/aromatic N) is 3.